The van der Waals surface area contributed by atoms with Gasteiger partial charge in [-0.3, -0.25) is 0 Å². The molecule has 1 aliphatic carbocycles. The Labute approximate surface area is 231 Å². The SMILES string of the molecule is OCCOCCOCCOCCOCCOCCOCCCCCCCCCCSCC1CC=CCC1. The molecule has 1 aliphatic rings. The van der Waals surface area contributed by atoms with Crippen LogP contribution < -0.4 is 0 Å². The predicted octanol–water partition coefficient (Wildman–Crippen LogP) is 5.29. The monoisotopic (exact) mass is 548 g/mol. The Morgan fingerprint density at radius 2 is 1.00 bits per heavy atom. The van der Waals surface area contributed by atoms with Gasteiger partial charge < -0.3 is 33.5 Å². The summed E-state index contributed by atoms with van der Waals surface area (Å²) in [6.07, 6.45) is 19.4. The molecule has 0 aromatic carbocycles. The van der Waals surface area contributed by atoms with Crippen molar-refractivity contribution in [2.75, 3.05) is 97.4 Å². The fourth-order valence-corrected chi connectivity index (χ4v) is 5.20. The molecule has 1 N–H and O–H groups in total. The molecule has 7 nitrogen and oxygen atoms in total. The first kappa shape index (κ1) is 34.8. The molecule has 37 heavy (non-hydrogen) atoms. The Balaban J connectivity index is 1.61. The zero-order valence-electron chi connectivity index (χ0n) is 23.4. The topological polar surface area (TPSA) is 75.6 Å². The van der Waals surface area contributed by atoms with E-state index in [2.05, 4.69) is 23.9 Å². The van der Waals surface area contributed by atoms with Crippen molar-refractivity contribution in [3.8, 4) is 0 Å². The van der Waals surface area contributed by atoms with E-state index in [4.69, 9.17) is 33.5 Å². The lowest BCUT2D eigenvalue weighted by molar-refractivity contribution is -0.0182. The van der Waals surface area contributed by atoms with Crippen molar-refractivity contribution in [2.24, 2.45) is 5.92 Å². The number of unbranched alkanes of at least 4 members (excludes halogenated alkanes) is 7. The van der Waals surface area contributed by atoms with Crippen LogP contribution in [0.3, 0.4) is 0 Å². The molecule has 0 saturated carbocycles. The van der Waals surface area contributed by atoms with E-state index in [9.17, 15) is 0 Å². The van der Waals surface area contributed by atoms with Crippen molar-refractivity contribution < 1.29 is 33.5 Å². The van der Waals surface area contributed by atoms with E-state index in [1.54, 1.807) is 0 Å². The Bertz CT molecular complexity index is 468. The minimum absolute atomic E-state index is 0.0425. The van der Waals surface area contributed by atoms with Crippen molar-refractivity contribution in [1.82, 2.24) is 0 Å². The largest absolute Gasteiger partial charge is 0.394 e. The summed E-state index contributed by atoms with van der Waals surface area (Å²) in [5.74, 6) is 3.66. The Kier molecular flexibility index (Phi) is 28.6. The molecule has 0 spiro atoms. The number of ether oxygens (including phenoxy) is 6. The van der Waals surface area contributed by atoms with Crippen LogP contribution in [0.4, 0.5) is 0 Å². The highest BCUT2D eigenvalue weighted by Crippen LogP contribution is 2.23. The lowest BCUT2D eigenvalue weighted by atomic mass is 9.97. The van der Waals surface area contributed by atoms with Crippen LogP contribution >= 0.6 is 11.8 Å². The Hall–Kier alpha value is -0.190. The second-order valence-corrected chi connectivity index (χ2v) is 10.6. The molecule has 0 radical (unpaired) electrons. The van der Waals surface area contributed by atoms with Gasteiger partial charge in [0.05, 0.1) is 79.3 Å². The molecule has 8 heteroatoms. The second-order valence-electron chi connectivity index (χ2n) is 9.45. The molecular weight excluding hydrogens is 492 g/mol. The maximum Gasteiger partial charge on any atom is 0.0701 e. The van der Waals surface area contributed by atoms with Crippen LogP contribution in [0, 0.1) is 5.92 Å². The van der Waals surface area contributed by atoms with Crippen LogP contribution in [-0.2, 0) is 28.4 Å². The van der Waals surface area contributed by atoms with E-state index in [0.29, 0.717) is 72.7 Å². The summed E-state index contributed by atoms with van der Waals surface area (Å²) in [6, 6.07) is 0. The molecule has 220 valence electrons. The van der Waals surface area contributed by atoms with Crippen LogP contribution in [0.15, 0.2) is 12.2 Å². The van der Waals surface area contributed by atoms with E-state index in [-0.39, 0.29) is 6.61 Å². The van der Waals surface area contributed by atoms with E-state index >= 15 is 0 Å². The lowest BCUT2D eigenvalue weighted by Gasteiger charge is -2.16. The first-order valence-corrected chi connectivity index (χ1v) is 15.9. The van der Waals surface area contributed by atoms with Gasteiger partial charge in [-0.15, -0.1) is 0 Å². The summed E-state index contributed by atoms with van der Waals surface area (Å²) in [5.41, 5.74) is 0. The van der Waals surface area contributed by atoms with Gasteiger partial charge in [0.15, 0.2) is 0 Å². The fraction of sp³-hybridized carbons (Fsp3) is 0.931. The zero-order valence-corrected chi connectivity index (χ0v) is 24.2. The standard InChI is InChI=1S/C29H56O7S/c30-14-16-32-18-20-34-22-24-36-26-25-35-23-21-33-19-17-31-15-10-5-3-1-2-4-6-11-27-37-28-29-12-8-7-9-13-29/h7-8,29-30H,1-6,9-28H2. The van der Waals surface area contributed by atoms with Crippen LogP contribution in [0.25, 0.3) is 0 Å². The summed E-state index contributed by atoms with van der Waals surface area (Å²) in [5, 5.41) is 8.57. The van der Waals surface area contributed by atoms with Gasteiger partial charge in [0.2, 0.25) is 0 Å². The lowest BCUT2D eigenvalue weighted by Crippen LogP contribution is -2.14. The fourth-order valence-electron chi connectivity index (χ4n) is 3.99. The maximum atomic E-state index is 8.57. The van der Waals surface area contributed by atoms with Crippen molar-refractivity contribution in [2.45, 2.75) is 70.6 Å². The van der Waals surface area contributed by atoms with Gasteiger partial charge in [-0.2, -0.15) is 11.8 Å². The molecule has 0 fully saturated rings. The average molecular weight is 549 g/mol. The molecule has 0 saturated heterocycles. The number of hydrogen-bond donors (Lipinski definition) is 1. The summed E-state index contributed by atoms with van der Waals surface area (Å²) in [4.78, 5) is 0. The van der Waals surface area contributed by atoms with E-state index in [1.165, 1.54) is 75.7 Å². The molecule has 0 aliphatic heterocycles. The van der Waals surface area contributed by atoms with Crippen molar-refractivity contribution in [1.29, 1.82) is 0 Å². The zero-order chi connectivity index (χ0) is 26.3. The summed E-state index contributed by atoms with van der Waals surface area (Å²) >= 11 is 2.18. The number of aliphatic hydroxyl groups excluding tert-OH is 1. The second kappa shape index (κ2) is 30.4. The summed E-state index contributed by atoms with van der Waals surface area (Å²) < 4.78 is 32.5. The van der Waals surface area contributed by atoms with Gasteiger partial charge in [0.25, 0.3) is 0 Å². The molecule has 0 heterocycles. The number of aliphatic hydroxyl groups is 1. The summed E-state index contributed by atoms with van der Waals surface area (Å²) in [6.45, 7) is 6.84. The minimum atomic E-state index is 0.0425. The highest BCUT2D eigenvalue weighted by Gasteiger charge is 2.09. The first-order valence-electron chi connectivity index (χ1n) is 14.7. The third-order valence-corrected chi connectivity index (χ3v) is 7.44. The van der Waals surface area contributed by atoms with Crippen LogP contribution in [0.2, 0.25) is 0 Å². The number of allylic oxidation sites excluding steroid dienone is 2. The van der Waals surface area contributed by atoms with Gasteiger partial charge >= 0.3 is 0 Å². The molecule has 0 aromatic heterocycles. The van der Waals surface area contributed by atoms with Gasteiger partial charge in [0, 0.05) is 6.61 Å². The van der Waals surface area contributed by atoms with Gasteiger partial charge in [-0.05, 0) is 49.5 Å². The maximum absolute atomic E-state index is 8.57. The molecule has 1 atom stereocenters. The Morgan fingerprint density at radius 1 is 0.541 bits per heavy atom. The molecule has 0 bridgehead atoms. The number of hydrogen-bond acceptors (Lipinski definition) is 8. The highest BCUT2D eigenvalue weighted by molar-refractivity contribution is 7.99. The highest BCUT2D eigenvalue weighted by atomic mass is 32.2. The third-order valence-electron chi connectivity index (χ3n) is 6.15. The quantitative estimate of drug-likeness (QED) is 0.0959. The van der Waals surface area contributed by atoms with Gasteiger partial charge in [-0.25, -0.2) is 0 Å². The van der Waals surface area contributed by atoms with E-state index in [1.807, 2.05) is 0 Å². The Morgan fingerprint density at radius 3 is 1.49 bits per heavy atom. The van der Waals surface area contributed by atoms with Crippen molar-refractivity contribution >= 4 is 11.8 Å². The molecule has 0 aromatic rings. The molecule has 1 unspecified atom stereocenters. The number of thioether (sulfide) groups is 1. The third kappa shape index (κ3) is 27.2. The van der Waals surface area contributed by atoms with Crippen molar-refractivity contribution in [3.63, 3.8) is 0 Å². The van der Waals surface area contributed by atoms with Crippen LogP contribution in [-0.4, -0.2) is 103 Å². The first-order chi connectivity index (χ1) is 18.4. The van der Waals surface area contributed by atoms with Crippen LogP contribution in [0.1, 0.15) is 70.6 Å². The average Bonchev–Trinajstić information content (AvgIpc) is 2.93. The summed E-state index contributed by atoms with van der Waals surface area (Å²) in [7, 11) is 0. The van der Waals surface area contributed by atoms with Crippen molar-refractivity contribution in [3.05, 3.63) is 12.2 Å². The molecule has 1 rings (SSSR count). The van der Waals surface area contributed by atoms with Crippen LogP contribution in [0.5, 0.6) is 0 Å². The molecule has 0 amide bonds. The van der Waals surface area contributed by atoms with Gasteiger partial charge in [0.1, 0.15) is 0 Å². The van der Waals surface area contributed by atoms with Gasteiger partial charge in [-0.1, -0.05) is 50.7 Å². The predicted molar refractivity (Wildman–Crippen MR) is 153 cm³/mol. The normalized spacial score (nSPS) is 15.5. The smallest absolute Gasteiger partial charge is 0.0701 e. The van der Waals surface area contributed by atoms with E-state index in [0.717, 1.165) is 18.9 Å². The van der Waals surface area contributed by atoms with E-state index < -0.39 is 0 Å². The minimum Gasteiger partial charge on any atom is -0.394 e. The molecular formula is C29H56O7S. The number of rotatable bonds is 30.